The van der Waals surface area contributed by atoms with Crippen LogP contribution in [0, 0.1) is 5.92 Å². The van der Waals surface area contributed by atoms with E-state index in [1.165, 1.54) is 45.1 Å². The summed E-state index contributed by atoms with van der Waals surface area (Å²) in [7, 11) is 2.12. The van der Waals surface area contributed by atoms with Crippen LogP contribution in [0.5, 0.6) is 0 Å². The summed E-state index contributed by atoms with van der Waals surface area (Å²) in [4.78, 5) is 2.80. The van der Waals surface area contributed by atoms with Gasteiger partial charge in [-0.05, 0) is 39.2 Å². The van der Waals surface area contributed by atoms with Crippen LogP contribution in [-0.2, 0) is 0 Å². The first-order valence-corrected chi connectivity index (χ1v) is 8.08. The molecule has 0 spiro atoms. The van der Waals surface area contributed by atoms with Gasteiger partial charge in [0.2, 0.25) is 0 Å². The van der Waals surface area contributed by atoms with Gasteiger partial charge >= 0.3 is 0 Å². The summed E-state index contributed by atoms with van der Waals surface area (Å²) in [5, 5.41) is 3.49. The van der Waals surface area contributed by atoms with E-state index in [4.69, 9.17) is 0 Å². The third kappa shape index (κ3) is 3.96. The molecule has 1 aliphatic heterocycles. The summed E-state index contributed by atoms with van der Waals surface area (Å²) in [6.45, 7) is 10.8. The second-order valence-electron chi connectivity index (χ2n) is 6.11. The molecule has 4 atom stereocenters. The molecule has 0 aromatic carbocycles. The molecule has 18 heavy (non-hydrogen) atoms. The molecule has 108 valence electrons. The maximum atomic E-state index is 3.49. The van der Waals surface area contributed by atoms with Crippen molar-refractivity contribution in [1.82, 2.24) is 10.2 Å². The quantitative estimate of drug-likeness (QED) is 0.746. The number of nitrogens with one attached hydrogen (secondary N) is 1. The minimum absolute atomic E-state index is 0.713. The van der Waals surface area contributed by atoms with Crippen LogP contribution in [-0.4, -0.2) is 36.6 Å². The lowest BCUT2D eigenvalue weighted by molar-refractivity contribution is 0.0405. The fourth-order valence-electron chi connectivity index (χ4n) is 3.56. The molecule has 1 heterocycles. The topological polar surface area (TPSA) is 15.3 Å². The van der Waals surface area contributed by atoms with Crippen molar-refractivity contribution in [3.05, 3.63) is 0 Å². The van der Waals surface area contributed by atoms with Crippen molar-refractivity contribution in [1.29, 1.82) is 0 Å². The second kappa shape index (κ2) is 8.16. The van der Waals surface area contributed by atoms with E-state index in [1.54, 1.807) is 0 Å². The van der Waals surface area contributed by atoms with E-state index in [2.05, 4.69) is 45.0 Å². The standard InChI is InChI=1S/C16H34N2/c1-6-8-10-15(9-7-2)18-12-11-16(17-5)13(3)14(18)4/h13-17H,6-12H2,1-5H3. The van der Waals surface area contributed by atoms with Crippen LogP contribution in [0.2, 0.25) is 0 Å². The zero-order valence-electron chi connectivity index (χ0n) is 13.2. The van der Waals surface area contributed by atoms with E-state index in [0.29, 0.717) is 6.04 Å². The zero-order chi connectivity index (χ0) is 13.5. The van der Waals surface area contributed by atoms with Crippen molar-refractivity contribution in [3.8, 4) is 0 Å². The molecule has 0 aromatic rings. The predicted octanol–water partition coefficient (Wildman–Crippen LogP) is 3.66. The molecular weight excluding hydrogens is 220 g/mol. The van der Waals surface area contributed by atoms with Crippen molar-refractivity contribution < 1.29 is 0 Å². The Hall–Kier alpha value is -0.0800. The highest BCUT2D eigenvalue weighted by molar-refractivity contribution is 4.90. The van der Waals surface area contributed by atoms with Crippen LogP contribution in [0.4, 0.5) is 0 Å². The van der Waals surface area contributed by atoms with E-state index in [9.17, 15) is 0 Å². The van der Waals surface area contributed by atoms with E-state index in [0.717, 1.165) is 18.0 Å². The largest absolute Gasteiger partial charge is 0.317 e. The number of unbranched alkanes of at least 4 members (excludes halogenated alkanes) is 1. The average Bonchev–Trinajstić information content (AvgIpc) is 2.38. The minimum atomic E-state index is 0.713. The Balaban J connectivity index is 2.61. The van der Waals surface area contributed by atoms with Gasteiger partial charge in [0.05, 0.1) is 0 Å². The van der Waals surface area contributed by atoms with Crippen molar-refractivity contribution in [3.63, 3.8) is 0 Å². The molecule has 2 heteroatoms. The number of nitrogens with zero attached hydrogens (tertiary/aromatic N) is 1. The summed E-state index contributed by atoms with van der Waals surface area (Å²) in [6, 6.07) is 2.26. The van der Waals surface area contributed by atoms with Crippen LogP contribution in [0.25, 0.3) is 0 Å². The zero-order valence-corrected chi connectivity index (χ0v) is 13.2. The summed E-state index contributed by atoms with van der Waals surface area (Å²) in [5.74, 6) is 0.768. The molecule has 4 unspecified atom stereocenters. The van der Waals surface area contributed by atoms with Gasteiger partial charge in [0.1, 0.15) is 0 Å². The fraction of sp³-hybridized carbons (Fsp3) is 1.00. The molecule has 0 saturated carbocycles. The van der Waals surface area contributed by atoms with Crippen LogP contribution in [0.15, 0.2) is 0 Å². The SMILES string of the molecule is CCCCC(CCC)N1CCC(NC)C(C)C1C. The van der Waals surface area contributed by atoms with Crippen LogP contribution < -0.4 is 5.32 Å². The minimum Gasteiger partial charge on any atom is -0.317 e. The number of hydrogen-bond donors (Lipinski definition) is 1. The van der Waals surface area contributed by atoms with E-state index >= 15 is 0 Å². The molecule has 1 N–H and O–H groups in total. The van der Waals surface area contributed by atoms with Gasteiger partial charge in [0.25, 0.3) is 0 Å². The lowest BCUT2D eigenvalue weighted by Crippen LogP contribution is -2.55. The molecule has 1 rings (SSSR count). The Labute approximate surface area is 115 Å². The highest BCUT2D eigenvalue weighted by Crippen LogP contribution is 2.28. The molecule has 2 nitrogen and oxygen atoms in total. The number of likely N-dealkylation sites (tertiary alicyclic amines) is 1. The van der Waals surface area contributed by atoms with Crippen LogP contribution in [0.3, 0.4) is 0 Å². The molecule has 0 aliphatic carbocycles. The van der Waals surface area contributed by atoms with E-state index in [1.807, 2.05) is 0 Å². The molecule has 0 radical (unpaired) electrons. The van der Waals surface area contributed by atoms with Gasteiger partial charge in [0.15, 0.2) is 0 Å². The first kappa shape index (κ1) is 16.0. The van der Waals surface area contributed by atoms with Crippen LogP contribution in [0.1, 0.15) is 66.2 Å². The summed E-state index contributed by atoms with van der Waals surface area (Å²) < 4.78 is 0. The number of hydrogen-bond acceptors (Lipinski definition) is 2. The third-order valence-corrected chi connectivity index (χ3v) is 4.97. The Morgan fingerprint density at radius 1 is 1.17 bits per heavy atom. The number of rotatable bonds is 7. The highest BCUT2D eigenvalue weighted by atomic mass is 15.2. The number of piperidine rings is 1. The molecule has 1 fully saturated rings. The normalized spacial score (nSPS) is 31.5. The summed E-state index contributed by atoms with van der Waals surface area (Å²) >= 11 is 0. The monoisotopic (exact) mass is 254 g/mol. The fourth-order valence-corrected chi connectivity index (χ4v) is 3.56. The maximum absolute atomic E-state index is 3.49. The molecule has 1 saturated heterocycles. The van der Waals surface area contributed by atoms with Gasteiger partial charge in [-0.2, -0.15) is 0 Å². The average molecular weight is 254 g/mol. The first-order valence-electron chi connectivity index (χ1n) is 8.08. The van der Waals surface area contributed by atoms with E-state index < -0.39 is 0 Å². The van der Waals surface area contributed by atoms with Gasteiger partial charge < -0.3 is 5.32 Å². The second-order valence-corrected chi connectivity index (χ2v) is 6.11. The van der Waals surface area contributed by atoms with E-state index in [-0.39, 0.29) is 0 Å². The van der Waals surface area contributed by atoms with Gasteiger partial charge in [0, 0.05) is 24.7 Å². The smallest absolute Gasteiger partial charge is 0.0117 e. The van der Waals surface area contributed by atoms with Crippen molar-refractivity contribution >= 4 is 0 Å². The molecule has 0 aromatic heterocycles. The predicted molar refractivity (Wildman–Crippen MR) is 81.0 cm³/mol. The molecule has 0 amide bonds. The Bertz CT molecular complexity index is 217. The van der Waals surface area contributed by atoms with Crippen molar-refractivity contribution in [2.45, 2.75) is 84.3 Å². The van der Waals surface area contributed by atoms with Crippen molar-refractivity contribution in [2.75, 3.05) is 13.6 Å². The summed E-state index contributed by atoms with van der Waals surface area (Å²) in [6.07, 6.45) is 8.12. The first-order chi connectivity index (χ1) is 8.65. The van der Waals surface area contributed by atoms with Gasteiger partial charge in [-0.1, -0.05) is 40.0 Å². The van der Waals surface area contributed by atoms with Crippen molar-refractivity contribution in [2.24, 2.45) is 5.92 Å². The lowest BCUT2D eigenvalue weighted by atomic mass is 9.85. The lowest BCUT2D eigenvalue weighted by Gasteiger charge is -2.46. The molecular formula is C16H34N2. The van der Waals surface area contributed by atoms with Gasteiger partial charge in [-0.15, -0.1) is 0 Å². The maximum Gasteiger partial charge on any atom is 0.0117 e. The Kier molecular flexibility index (Phi) is 7.25. The van der Waals surface area contributed by atoms with Crippen LogP contribution >= 0.6 is 0 Å². The van der Waals surface area contributed by atoms with Gasteiger partial charge in [-0.25, -0.2) is 0 Å². The highest BCUT2D eigenvalue weighted by Gasteiger charge is 2.34. The Morgan fingerprint density at radius 2 is 1.89 bits per heavy atom. The third-order valence-electron chi connectivity index (χ3n) is 4.97. The van der Waals surface area contributed by atoms with Gasteiger partial charge in [-0.3, -0.25) is 4.90 Å². The molecule has 1 aliphatic rings. The molecule has 0 bridgehead atoms. The summed E-state index contributed by atoms with van der Waals surface area (Å²) in [5.41, 5.74) is 0. The Morgan fingerprint density at radius 3 is 2.44 bits per heavy atom.